The molecule has 96 valence electrons. The van der Waals surface area contributed by atoms with Crippen LogP contribution in [0.15, 0.2) is 0 Å². The molecular formula is C11H18N2O4. The average molecular weight is 242 g/mol. The fourth-order valence-electron chi connectivity index (χ4n) is 2.59. The summed E-state index contributed by atoms with van der Waals surface area (Å²) in [6, 6.07) is -0.860. The number of carboxylic acid groups (broad SMARTS) is 1. The van der Waals surface area contributed by atoms with E-state index in [1.54, 1.807) is 4.90 Å². The molecule has 0 bridgehead atoms. The first-order valence-corrected chi connectivity index (χ1v) is 6.02. The van der Waals surface area contributed by atoms with Gasteiger partial charge in [-0.3, -0.25) is 0 Å². The maximum Gasteiger partial charge on any atom is 0.326 e. The van der Waals surface area contributed by atoms with E-state index in [0.717, 1.165) is 12.8 Å². The zero-order valence-electron chi connectivity index (χ0n) is 9.71. The molecular weight excluding hydrogens is 224 g/mol. The van der Waals surface area contributed by atoms with Crippen LogP contribution in [0.4, 0.5) is 4.79 Å². The number of hydrogen-bond donors (Lipinski definition) is 2. The number of rotatable bonds is 2. The highest BCUT2D eigenvalue weighted by Crippen LogP contribution is 2.23. The standard InChI is InChI=1S/C11H18N2O4/c14-7-8-3-5-12(6-8)11(17)13-4-1-2-9(13)10(15)16/h8-9,14H,1-7H2,(H,15,16). The summed E-state index contributed by atoms with van der Waals surface area (Å²) < 4.78 is 0. The summed E-state index contributed by atoms with van der Waals surface area (Å²) in [6.07, 6.45) is 2.09. The molecule has 2 amide bonds. The Morgan fingerprint density at radius 3 is 2.59 bits per heavy atom. The molecule has 17 heavy (non-hydrogen) atoms. The second-order valence-electron chi connectivity index (χ2n) is 4.76. The molecule has 2 unspecified atom stereocenters. The molecule has 0 aromatic heterocycles. The lowest BCUT2D eigenvalue weighted by molar-refractivity contribution is -0.141. The second kappa shape index (κ2) is 4.91. The number of nitrogens with zero attached hydrogens (tertiary/aromatic N) is 2. The summed E-state index contributed by atoms with van der Waals surface area (Å²) in [5, 5.41) is 18.0. The third kappa shape index (κ3) is 2.36. The van der Waals surface area contributed by atoms with E-state index in [2.05, 4.69) is 0 Å². The van der Waals surface area contributed by atoms with Gasteiger partial charge in [-0.05, 0) is 19.3 Å². The summed E-state index contributed by atoms with van der Waals surface area (Å²) in [5.41, 5.74) is 0. The van der Waals surface area contributed by atoms with Crippen molar-refractivity contribution in [1.29, 1.82) is 0 Å². The van der Waals surface area contributed by atoms with Gasteiger partial charge in [-0.1, -0.05) is 0 Å². The van der Waals surface area contributed by atoms with Crippen molar-refractivity contribution in [2.75, 3.05) is 26.2 Å². The predicted octanol–water partition coefficient (Wildman–Crippen LogP) is -0.0304. The molecule has 2 aliphatic rings. The van der Waals surface area contributed by atoms with E-state index in [-0.39, 0.29) is 18.6 Å². The molecule has 2 fully saturated rings. The first-order chi connectivity index (χ1) is 8.13. The molecule has 0 saturated carbocycles. The predicted molar refractivity (Wildman–Crippen MR) is 59.5 cm³/mol. The lowest BCUT2D eigenvalue weighted by Crippen LogP contribution is -2.47. The fraction of sp³-hybridized carbons (Fsp3) is 0.818. The molecule has 2 heterocycles. The van der Waals surface area contributed by atoms with Crippen LogP contribution in [-0.4, -0.2) is 64.3 Å². The Bertz CT molecular complexity index is 321. The van der Waals surface area contributed by atoms with E-state index in [4.69, 9.17) is 10.2 Å². The van der Waals surface area contributed by atoms with Crippen LogP contribution in [0.2, 0.25) is 0 Å². The van der Waals surface area contributed by atoms with Crippen molar-refractivity contribution >= 4 is 12.0 Å². The molecule has 0 aromatic carbocycles. The molecule has 2 aliphatic heterocycles. The zero-order chi connectivity index (χ0) is 12.4. The van der Waals surface area contributed by atoms with Crippen LogP contribution in [0.25, 0.3) is 0 Å². The van der Waals surface area contributed by atoms with Crippen LogP contribution in [0, 0.1) is 5.92 Å². The van der Waals surface area contributed by atoms with Crippen LogP contribution >= 0.6 is 0 Å². The third-order valence-corrected chi connectivity index (χ3v) is 3.60. The van der Waals surface area contributed by atoms with Crippen LogP contribution < -0.4 is 0 Å². The van der Waals surface area contributed by atoms with E-state index >= 15 is 0 Å². The molecule has 6 nitrogen and oxygen atoms in total. The van der Waals surface area contributed by atoms with Gasteiger partial charge in [0.15, 0.2) is 0 Å². The van der Waals surface area contributed by atoms with Crippen LogP contribution in [0.3, 0.4) is 0 Å². The Balaban J connectivity index is 1.98. The minimum Gasteiger partial charge on any atom is -0.480 e. The largest absolute Gasteiger partial charge is 0.480 e. The van der Waals surface area contributed by atoms with Gasteiger partial charge in [0.1, 0.15) is 6.04 Å². The Labute approximate surface area is 99.8 Å². The molecule has 0 aromatic rings. The van der Waals surface area contributed by atoms with Crippen LogP contribution in [0.1, 0.15) is 19.3 Å². The van der Waals surface area contributed by atoms with Gasteiger partial charge >= 0.3 is 12.0 Å². The normalized spacial score (nSPS) is 28.8. The summed E-state index contributed by atoms with van der Waals surface area (Å²) in [7, 11) is 0. The van der Waals surface area contributed by atoms with E-state index in [1.807, 2.05) is 0 Å². The van der Waals surface area contributed by atoms with Gasteiger partial charge in [-0.25, -0.2) is 9.59 Å². The van der Waals surface area contributed by atoms with Crippen molar-refractivity contribution < 1.29 is 19.8 Å². The van der Waals surface area contributed by atoms with Crippen molar-refractivity contribution in [3.05, 3.63) is 0 Å². The molecule has 2 saturated heterocycles. The molecule has 0 radical (unpaired) electrons. The number of aliphatic hydroxyl groups is 1. The maximum atomic E-state index is 12.1. The summed E-state index contributed by atoms with van der Waals surface area (Å²) in [5.74, 6) is -0.779. The van der Waals surface area contributed by atoms with Crippen LogP contribution in [-0.2, 0) is 4.79 Å². The lowest BCUT2D eigenvalue weighted by Gasteiger charge is -2.27. The van der Waals surface area contributed by atoms with Gasteiger partial charge in [0, 0.05) is 32.2 Å². The van der Waals surface area contributed by atoms with Crippen molar-refractivity contribution in [3.63, 3.8) is 0 Å². The van der Waals surface area contributed by atoms with E-state index < -0.39 is 12.0 Å². The Morgan fingerprint density at radius 1 is 1.24 bits per heavy atom. The second-order valence-corrected chi connectivity index (χ2v) is 4.76. The molecule has 2 N–H and O–H groups in total. The van der Waals surface area contributed by atoms with Crippen molar-refractivity contribution in [2.45, 2.75) is 25.3 Å². The average Bonchev–Trinajstić information content (AvgIpc) is 2.97. The number of aliphatic hydroxyl groups excluding tert-OH is 1. The number of likely N-dealkylation sites (tertiary alicyclic amines) is 2. The Morgan fingerprint density at radius 2 is 2.00 bits per heavy atom. The molecule has 2 rings (SSSR count). The molecule has 0 aliphatic carbocycles. The highest BCUT2D eigenvalue weighted by atomic mass is 16.4. The maximum absolute atomic E-state index is 12.1. The van der Waals surface area contributed by atoms with E-state index in [0.29, 0.717) is 26.1 Å². The molecule has 6 heteroatoms. The van der Waals surface area contributed by atoms with Gasteiger partial charge in [-0.2, -0.15) is 0 Å². The van der Waals surface area contributed by atoms with Gasteiger partial charge in [-0.15, -0.1) is 0 Å². The van der Waals surface area contributed by atoms with Gasteiger partial charge < -0.3 is 20.0 Å². The first-order valence-electron chi connectivity index (χ1n) is 6.02. The van der Waals surface area contributed by atoms with Gasteiger partial charge in [0.25, 0.3) is 0 Å². The van der Waals surface area contributed by atoms with Crippen molar-refractivity contribution in [2.24, 2.45) is 5.92 Å². The third-order valence-electron chi connectivity index (χ3n) is 3.60. The zero-order valence-corrected chi connectivity index (χ0v) is 9.71. The number of urea groups is 1. The summed E-state index contributed by atoms with van der Waals surface area (Å²) >= 11 is 0. The first kappa shape index (κ1) is 12.2. The van der Waals surface area contributed by atoms with Crippen LogP contribution in [0.5, 0.6) is 0 Å². The molecule has 2 atom stereocenters. The van der Waals surface area contributed by atoms with E-state index in [9.17, 15) is 9.59 Å². The van der Waals surface area contributed by atoms with E-state index in [1.165, 1.54) is 4.90 Å². The smallest absolute Gasteiger partial charge is 0.326 e. The number of amides is 2. The fourth-order valence-corrected chi connectivity index (χ4v) is 2.59. The topological polar surface area (TPSA) is 81.1 Å². The number of carboxylic acids is 1. The SMILES string of the molecule is O=C(O)C1CCCN1C(=O)N1CCC(CO)C1. The summed E-state index contributed by atoms with van der Waals surface area (Å²) in [6.45, 7) is 1.77. The minimum absolute atomic E-state index is 0.0894. The van der Waals surface area contributed by atoms with Gasteiger partial charge in [0.05, 0.1) is 0 Å². The quantitative estimate of drug-likeness (QED) is 0.712. The highest BCUT2D eigenvalue weighted by molar-refractivity contribution is 5.83. The van der Waals surface area contributed by atoms with Gasteiger partial charge in [0.2, 0.25) is 0 Å². The monoisotopic (exact) mass is 242 g/mol. The Hall–Kier alpha value is -1.30. The number of hydrogen-bond acceptors (Lipinski definition) is 3. The van der Waals surface area contributed by atoms with Crippen molar-refractivity contribution in [3.8, 4) is 0 Å². The summed E-state index contributed by atoms with van der Waals surface area (Å²) in [4.78, 5) is 26.2. The minimum atomic E-state index is -0.922. The highest BCUT2D eigenvalue weighted by Gasteiger charge is 2.38. The van der Waals surface area contributed by atoms with Crippen molar-refractivity contribution in [1.82, 2.24) is 9.80 Å². The Kier molecular flexibility index (Phi) is 3.51. The lowest BCUT2D eigenvalue weighted by atomic mass is 10.1. The number of carbonyl (C=O) groups is 2. The number of carbonyl (C=O) groups excluding carboxylic acids is 1. The number of aliphatic carboxylic acids is 1. The molecule has 0 spiro atoms.